The molecule has 0 spiro atoms. The number of halogens is 2. The molecule has 1 unspecified atom stereocenters. The van der Waals surface area contributed by atoms with Crippen molar-refractivity contribution in [3.8, 4) is 11.5 Å². The van der Waals surface area contributed by atoms with Crippen molar-refractivity contribution in [2.75, 3.05) is 17.8 Å². The normalized spacial score (nSPS) is 15.5. The van der Waals surface area contributed by atoms with Crippen LogP contribution in [0.1, 0.15) is 25.8 Å². The number of hydrogen-bond acceptors (Lipinski definition) is 6. The van der Waals surface area contributed by atoms with Crippen molar-refractivity contribution in [3.63, 3.8) is 0 Å². The maximum Gasteiger partial charge on any atom is 0.387 e. The highest BCUT2D eigenvalue weighted by molar-refractivity contribution is 8.14. The van der Waals surface area contributed by atoms with E-state index in [-0.39, 0.29) is 29.1 Å². The van der Waals surface area contributed by atoms with Crippen molar-refractivity contribution in [3.05, 3.63) is 59.8 Å². The van der Waals surface area contributed by atoms with Gasteiger partial charge in [-0.05, 0) is 61.4 Å². The lowest BCUT2D eigenvalue weighted by Gasteiger charge is -2.18. The predicted octanol–water partition coefficient (Wildman–Crippen LogP) is 4.69. The average Bonchev–Trinajstić information content (AvgIpc) is 3.13. The number of ether oxygens (including phenoxy) is 2. The predicted molar refractivity (Wildman–Crippen MR) is 129 cm³/mol. The molecule has 1 atom stereocenters. The Kier molecular flexibility index (Phi) is 8.64. The summed E-state index contributed by atoms with van der Waals surface area (Å²) in [5.74, 6) is 0.138. The lowest BCUT2D eigenvalue weighted by molar-refractivity contribution is -0.119. The number of anilines is 1. The molecular weight excluding hydrogens is 464 g/mol. The number of amidine groups is 1. The van der Waals surface area contributed by atoms with E-state index >= 15 is 0 Å². The fourth-order valence-corrected chi connectivity index (χ4v) is 3.83. The fourth-order valence-electron chi connectivity index (χ4n) is 3.00. The second-order valence-corrected chi connectivity index (χ2v) is 8.32. The number of thioether (sulfide) groups is 1. The summed E-state index contributed by atoms with van der Waals surface area (Å²) in [6.07, 6.45) is 2.43. The van der Waals surface area contributed by atoms with E-state index in [1.54, 1.807) is 37.5 Å². The first kappa shape index (κ1) is 25.2. The van der Waals surface area contributed by atoms with Crippen LogP contribution in [0.25, 0.3) is 6.08 Å². The van der Waals surface area contributed by atoms with Crippen molar-refractivity contribution in [1.29, 1.82) is 0 Å². The number of hydrogen-bond donors (Lipinski definition) is 1. The van der Waals surface area contributed by atoms with Crippen LogP contribution in [0.4, 0.5) is 14.5 Å². The van der Waals surface area contributed by atoms with Gasteiger partial charge in [0.15, 0.2) is 5.17 Å². The molecule has 2 amide bonds. The number of carbonyl (C=O) groups is 2. The maximum absolute atomic E-state index is 13.2. The molecule has 0 aromatic heterocycles. The lowest BCUT2D eigenvalue weighted by atomic mass is 10.2. The zero-order chi connectivity index (χ0) is 24.7. The first-order valence-corrected chi connectivity index (χ1v) is 11.5. The van der Waals surface area contributed by atoms with Crippen LogP contribution in [0, 0.1) is 0 Å². The highest BCUT2D eigenvalue weighted by atomic mass is 32.2. The maximum atomic E-state index is 13.2. The van der Waals surface area contributed by atoms with Gasteiger partial charge in [0, 0.05) is 6.04 Å². The van der Waals surface area contributed by atoms with Gasteiger partial charge in [0.25, 0.3) is 5.91 Å². The Morgan fingerprint density at radius 1 is 1.15 bits per heavy atom. The number of nitrogens with zero attached hydrogens (tertiary/aromatic N) is 2. The molecule has 1 N–H and O–H groups in total. The van der Waals surface area contributed by atoms with E-state index in [1.165, 1.54) is 29.2 Å². The summed E-state index contributed by atoms with van der Waals surface area (Å²) in [7, 11) is 1.56. The summed E-state index contributed by atoms with van der Waals surface area (Å²) < 4.78 is 34.5. The van der Waals surface area contributed by atoms with Crippen LogP contribution in [0.2, 0.25) is 0 Å². The van der Waals surface area contributed by atoms with Crippen molar-refractivity contribution < 1.29 is 27.8 Å². The zero-order valence-electron chi connectivity index (χ0n) is 19.0. The van der Waals surface area contributed by atoms with Gasteiger partial charge in [0.05, 0.1) is 18.6 Å². The van der Waals surface area contributed by atoms with Crippen LogP contribution < -0.4 is 19.7 Å². The van der Waals surface area contributed by atoms with Gasteiger partial charge >= 0.3 is 6.61 Å². The third-order valence-electron chi connectivity index (χ3n) is 4.92. The Labute approximate surface area is 200 Å². The second kappa shape index (κ2) is 11.6. The van der Waals surface area contributed by atoms with E-state index in [1.807, 2.05) is 13.8 Å². The van der Waals surface area contributed by atoms with Crippen LogP contribution in [-0.4, -0.2) is 42.5 Å². The largest absolute Gasteiger partial charge is 0.497 e. The molecule has 1 heterocycles. The second-order valence-electron chi connectivity index (χ2n) is 7.38. The van der Waals surface area contributed by atoms with Gasteiger partial charge in [-0.1, -0.05) is 30.8 Å². The quantitative estimate of drug-likeness (QED) is 0.517. The molecule has 2 aromatic rings. The summed E-state index contributed by atoms with van der Waals surface area (Å²) in [5, 5.41) is 3.19. The number of nitrogens with one attached hydrogen (secondary N) is 1. The molecule has 34 heavy (non-hydrogen) atoms. The first-order chi connectivity index (χ1) is 16.3. The van der Waals surface area contributed by atoms with E-state index in [0.29, 0.717) is 16.6 Å². The Hall–Kier alpha value is -3.40. The summed E-state index contributed by atoms with van der Waals surface area (Å²) in [4.78, 5) is 31.3. The summed E-state index contributed by atoms with van der Waals surface area (Å²) in [5.41, 5.74) is 1.34. The standard InChI is InChI=1S/C24H25F2N3O4S/c1-4-15(2)27-21(30)14-34-24-28-20(13-16-5-9-18(32-3)10-6-16)22(31)29(24)17-7-11-19(12-8-17)33-23(25)26/h5-13,15,23H,4,14H2,1-3H3,(H,27,30). The highest BCUT2D eigenvalue weighted by Gasteiger charge is 2.32. The molecule has 7 nitrogen and oxygen atoms in total. The van der Waals surface area contributed by atoms with E-state index in [0.717, 1.165) is 23.7 Å². The number of amides is 2. The van der Waals surface area contributed by atoms with Gasteiger partial charge in [-0.25, -0.2) is 4.99 Å². The van der Waals surface area contributed by atoms with E-state index in [4.69, 9.17) is 4.74 Å². The molecule has 0 bridgehead atoms. The minimum absolute atomic E-state index is 0.0292. The molecule has 2 aromatic carbocycles. The Morgan fingerprint density at radius 2 is 1.79 bits per heavy atom. The number of carbonyl (C=O) groups excluding carboxylic acids is 2. The number of methoxy groups -OCH3 is 1. The lowest BCUT2D eigenvalue weighted by Crippen LogP contribution is -2.35. The SMILES string of the molecule is CCC(C)NC(=O)CSC1=NC(=Cc2ccc(OC)cc2)C(=O)N1c1ccc(OC(F)F)cc1. The molecule has 3 rings (SSSR count). The van der Waals surface area contributed by atoms with Gasteiger partial charge < -0.3 is 14.8 Å². The molecule has 0 aliphatic carbocycles. The van der Waals surface area contributed by atoms with Crippen LogP contribution in [-0.2, 0) is 9.59 Å². The molecule has 0 saturated heterocycles. The Bertz CT molecular complexity index is 1070. The average molecular weight is 490 g/mol. The van der Waals surface area contributed by atoms with Crippen LogP contribution >= 0.6 is 11.8 Å². The number of rotatable bonds is 9. The van der Waals surface area contributed by atoms with Gasteiger partial charge in [-0.3, -0.25) is 14.5 Å². The highest BCUT2D eigenvalue weighted by Crippen LogP contribution is 2.31. The molecule has 10 heteroatoms. The van der Waals surface area contributed by atoms with Gasteiger partial charge in [-0.2, -0.15) is 8.78 Å². The van der Waals surface area contributed by atoms with E-state index < -0.39 is 12.5 Å². The molecule has 0 radical (unpaired) electrons. The first-order valence-electron chi connectivity index (χ1n) is 10.6. The van der Waals surface area contributed by atoms with Crippen molar-refractivity contribution in [2.45, 2.75) is 32.9 Å². The van der Waals surface area contributed by atoms with Gasteiger partial charge in [0.1, 0.15) is 17.2 Å². The van der Waals surface area contributed by atoms with Gasteiger partial charge in [0.2, 0.25) is 5.91 Å². The van der Waals surface area contributed by atoms with Crippen molar-refractivity contribution in [2.24, 2.45) is 4.99 Å². The van der Waals surface area contributed by atoms with Crippen molar-refractivity contribution >= 4 is 40.5 Å². The van der Waals surface area contributed by atoms with Crippen molar-refractivity contribution in [1.82, 2.24) is 5.32 Å². The molecule has 180 valence electrons. The number of aliphatic imine (C=N–C) groups is 1. The monoisotopic (exact) mass is 489 g/mol. The fraction of sp³-hybridized carbons (Fsp3) is 0.292. The molecule has 1 aliphatic rings. The summed E-state index contributed by atoms with van der Waals surface area (Å²) in [6.45, 7) is 0.927. The Balaban J connectivity index is 1.86. The third kappa shape index (κ3) is 6.57. The summed E-state index contributed by atoms with van der Waals surface area (Å²) in [6, 6.07) is 12.8. The van der Waals surface area contributed by atoms with Crippen LogP contribution in [0.15, 0.2) is 59.2 Å². The number of benzene rings is 2. The minimum atomic E-state index is -2.95. The van der Waals surface area contributed by atoms with E-state index in [9.17, 15) is 18.4 Å². The van der Waals surface area contributed by atoms with E-state index in [2.05, 4.69) is 15.0 Å². The molecule has 0 fully saturated rings. The third-order valence-corrected chi connectivity index (χ3v) is 5.86. The molecule has 1 aliphatic heterocycles. The smallest absolute Gasteiger partial charge is 0.387 e. The zero-order valence-corrected chi connectivity index (χ0v) is 19.8. The minimum Gasteiger partial charge on any atom is -0.497 e. The number of alkyl halides is 2. The topological polar surface area (TPSA) is 80.2 Å². The molecular formula is C24H25F2N3O4S. The Morgan fingerprint density at radius 3 is 2.38 bits per heavy atom. The van der Waals surface area contributed by atoms with Crippen LogP contribution in [0.3, 0.4) is 0 Å². The molecule has 0 saturated carbocycles. The van der Waals surface area contributed by atoms with Gasteiger partial charge in [-0.15, -0.1) is 0 Å². The summed E-state index contributed by atoms with van der Waals surface area (Å²) >= 11 is 1.12. The van der Waals surface area contributed by atoms with Crippen LogP contribution in [0.5, 0.6) is 11.5 Å².